The Bertz CT molecular complexity index is 530. The Kier molecular flexibility index (Phi) is 7.65. The summed E-state index contributed by atoms with van der Waals surface area (Å²) >= 11 is 12.0. The second-order valence-corrected chi connectivity index (χ2v) is 7.37. The van der Waals surface area contributed by atoms with E-state index < -0.39 is 11.7 Å². The number of carbonyl (C=O) groups excluding carboxylic acids is 1. The Morgan fingerprint density at radius 3 is 2.43 bits per heavy atom. The topological polar surface area (TPSA) is 50.4 Å². The van der Waals surface area contributed by atoms with Crippen molar-refractivity contribution >= 4 is 29.3 Å². The van der Waals surface area contributed by atoms with Crippen molar-refractivity contribution in [1.29, 1.82) is 0 Å². The highest BCUT2D eigenvalue weighted by molar-refractivity contribution is 6.42. The molecule has 0 radical (unpaired) electrons. The minimum absolute atomic E-state index is 0.00456. The van der Waals surface area contributed by atoms with E-state index in [1.807, 2.05) is 46.8 Å². The SMILES string of the molecule is CCC(CNC(C)c1ccc(Cl)c(Cl)c1)NC(=O)OC(C)(C)C. The summed E-state index contributed by atoms with van der Waals surface area (Å²) in [6, 6.07) is 5.67. The number of hydrogen-bond donors (Lipinski definition) is 2. The van der Waals surface area contributed by atoms with Gasteiger partial charge in [0.05, 0.1) is 10.0 Å². The first kappa shape index (κ1) is 20.1. The summed E-state index contributed by atoms with van der Waals surface area (Å²) in [5, 5.41) is 7.35. The lowest BCUT2D eigenvalue weighted by Gasteiger charge is -2.24. The molecule has 0 spiro atoms. The van der Waals surface area contributed by atoms with Gasteiger partial charge in [0, 0.05) is 18.6 Å². The maximum absolute atomic E-state index is 11.8. The van der Waals surface area contributed by atoms with Crippen LogP contribution in [0.4, 0.5) is 4.79 Å². The van der Waals surface area contributed by atoms with Gasteiger partial charge < -0.3 is 15.4 Å². The molecule has 1 aromatic rings. The van der Waals surface area contributed by atoms with Crippen LogP contribution in [0.25, 0.3) is 0 Å². The molecule has 6 heteroatoms. The summed E-state index contributed by atoms with van der Waals surface area (Å²) in [5.74, 6) is 0. The lowest BCUT2D eigenvalue weighted by molar-refractivity contribution is 0.0502. The van der Waals surface area contributed by atoms with Gasteiger partial charge in [0.15, 0.2) is 0 Å². The van der Waals surface area contributed by atoms with Crippen molar-refractivity contribution in [3.63, 3.8) is 0 Å². The van der Waals surface area contributed by atoms with Crippen molar-refractivity contribution in [2.24, 2.45) is 0 Å². The fourth-order valence-electron chi connectivity index (χ4n) is 1.99. The van der Waals surface area contributed by atoms with Gasteiger partial charge in [-0.05, 0) is 51.8 Å². The van der Waals surface area contributed by atoms with E-state index in [2.05, 4.69) is 10.6 Å². The van der Waals surface area contributed by atoms with E-state index in [1.54, 1.807) is 6.07 Å². The number of carbonyl (C=O) groups is 1. The molecule has 0 bridgehead atoms. The van der Waals surface area contributed by atoms with Gasteiger partial charge in [-0.3, -0.25) is 0 Å². The first-order chi connectivity index (χ1) is 10.6. The Morgan fingerprint density at radius 2 is 1.91 bits per heavy atom. The van der Waals surface area contributed by atoms with E-state index in [9.17, 15) is 4.79 Å². The van der Waals surface area contributed by atoms with Gasteiger partial charge in [0.1, 0.15) is 5.60 Å². The van der Waals surface area contributed by atoms with Crippen molar-refractivity contribution in [2.75, 3.05) is 6.54 Å². The summed E-state index contributed by atoms with van der Waals surface area (Å²) in [5.41, 5.74) is 0.551. The monoisotopic (exact) mass is 360 g/mol. The molecule has 0 saturated carbocycles. The van der Waals surface area contributed by atoms with Crippen LogP contribution in [-0.4, -0.2) is 24.3 Å². The minimum Gasteiger partial charge on any atom is -0.444 e. The summed E-state index contributed by atoms with van der Waals surface area (Å²) in [7, 11) is 0. The van der Waals surface area contributed by atoms with Crippen molar-refractivity contribution in [3.05, 3.63) is 33.8 Å². The minimum atomic E-state index is -0.497. The van der Waals surface area contributed by atoms with Crippen LogP contribution in [0.5, 0.6) is 0 Å². The van der Waals surface area contributed by atoms with Crippen LogP contribution in [0, 0.1) is 0 Å². The number of halogens is 2. The molecule has 0 aliphatic rings. The van der Waals surface area contributed by atoms with E-state index in [4.69, 9.17) is 27.9 Å². The van der Waals surface area contributed by atoms with Crippen molar-refractivity contribution in [1.82, 2.24) is 10.6 Å². The molecule has 2 N–H and O–H groups in total. The van der Waals surface area contributed by atoms with Crippen LogP contribution in [0.15, 0.2) is 18.2 Å². The second kappa shape index (κ2) is 8.76. The third-order valence-corrected chi connectivity index (χ3v) is 4.07. The third-order valence-electron chi connectivity index (χ3n) is 3.33. The predicted octanol–water partition coefficient (Wildman–Crippen LogP) is 4.95. The first-order valence-electron chi connectivity index (χ1n) is 7.80. The molecule has 0 aromatic heterocycles. The largest absolute Gasteiger partial charge is 0.444 e. The molecular weight excluding hydrogens is 335 g/mol. The average Bonchev–Trinajstić information content (AvgIpc) is 2.44. The van der Waals surface area contributed by atoms with Crippen LogP contribution < -0.4 is 10.6 Å². The highest BCUT2D eigenvalue weighted by Crippen LogP contribution is 2.25. The van der Waals surface area contributed by atoms with Gasteiger partial charge in [-0.1, -0.05) is 36.2 Å². The van der Waals surface area contributed by atoms with Gasteiger partial charge in [-0.15, -0.1) is 0 Å². The molecule has 23 heavy (non-hydrogen) atoms. The third kappa shape index (κ3) is 7.42. The number of ether oxygens (including phenoxy) is 1. The van der Waals surface area contributed by atoms with E-state index in [1.165, 1.54) is 0 Å². The van der Waals surface area contributed by atoms with Gasteiger partial charge in [-0.2, -0.15) is 0 Å². The maximum Gasteiger partial charge on any atom is 0.407 e. The Balaban J connectivity index is 2.53. The quantitative estimate of drug-likeness (QED) is 0.754. The van der Waals surface area contributed by atoms with Gasteiger partial charge >= 0.3 is 6.09 Å². The van der Waals surface area contributed by atoms with Gasteiger partial charge in [0.25, 0.3) is 0 Å². The van der Waals surface area contributed by atoms with Gasteiger partial charge in [-0.25, -0.2) is 4.79 Å². The first-order valence-corrected chi connectivity index (χ1v) is 8.55. The second-order valence-electron chi connectivity index (χ2n) is 6.55. The molecule has 1 aromatic carbocycles. The summed E-state index contributed by atoms with van der Waals surface area (Å²) < 4.78 is 5.28. The number of amides is 1. The lowest BCUT2D eigenvalue weighted by Crippen LogP contribution is -2.44. The Morgan fingerprint density at radius 1 is 1.26 bits per heavy atom. The predicted molar refractivity (Wildman–Crippen MR) is 96.3 cm³/mol. The molecular formula is C17H26Cl2N2O2. The van der Waals surface area contributed by atoms with Crippen LogP contribution in [-0.2, 0) is 4.74 Å². The smallest absolute Gasteiger partial charge is 0.407 e. The van der Waals surface area contributed by atoms with Gasteiger partial charge in [0.2, 0.25) is 0 Å². The van der Waals surface area contributed by atoms with Crippen molar-refractivity contribution in [3.8, 4) is 0 Å². The molecule has 0 aliphatic carbocycles. The summed E-state index contributed by atoms with van der Waals surface area (Å²) in [4.78, 5) is 11.8. The number of alkyl carbamates (subject to hydrolysis) is 1. The highest BCUT2D eigenvalue weighted by Gasteiger charge is 2.19. The Labute approximate surface area is 148 Å². The summed E-state index contributed by atoms with van der Waals surface area (Å²) in [6.07, 6.45) is 0.411. The van der Waals surface area contributed by atoms with E-state index in [0.29, 0.717) is 16.6 Å². The molecule has 0 saturated heterocycles. The maximum atomic E-state index is 11.8. The van der Waals surface area contributed by atoms with Crippen molar-refractivity contribution in [2.45, 2.75) is 58.7 Å². The normalized spacial score (nSPS) is 14.2. The lowest BCUT2D eigenvalue weighted by atomic mass is 10.1. The zero-order valence-electron chi connectivity index (χ0n) is 14.4. The molecule has 0 aliphatic heterocycles. The van der Waals surface area contributed by atoms with Crippen molar-refractivity contribution < 1.29 is 9.53 Å². The summed E-state index contributed by atoms with van der Waals surface area (Å²) in [6.45, 7) is 10.2. The van der Waals surface area contributed by atoms with Crippen LogP contribution in [0.1, 0.15) is 52.6 Å². The van der Waals surface area contributed by atoms with E-state index in [0.717, 1.165) is 12.0 Å². The molecule has 0 heterocycles. The van der Waals surface area contributed by atoms with Crippen LogP contribution in [0.2, 0.25) is 10.0 Å². The Hall–Kier alpha value is -0.970. The highest BCUT2D eigenvalue weighted by atomic mass is 35.5. The molecule has 130 valence electrons. The number of nitrogens with one attached hydrogen (secondary N) is 2. The fourth-order valence-corrected chi connectivity index (χ4v) is 2.30. The molecule has 0 fully saturated rings. The van der Waals surface area contributed by atoms with Crippen LogP contribution >= 0.6 is 23.2 Å². The molecule has 1 amide bonds. The zero-order valence-corrected chi connectivity index (χ0v) is 15.9. The molecule has 2 unspecified atom stereocenters. The molecule has 4 nitrogen and oxygen atoms in total. The van der Waals surface area contributed by atoms with E-state index >= 15 is 0 Å². The number of rotatable bonds is 6. The van der Waals surface area contributed by atoms with E-state index in [-0.39, 0.29) is 12.1 Å². The zero-order chi connectivity index (χ0) is 17.6. The average molecular weight is 361 g/mol. The number of hydrogen-bond acceptors (Lipinski definition) is 3. The van der Waals surface area contributed by atoms with Crippen LogP contribution in [0.3, 0.4) is 0 Å². The number of benzene rings is 1. The molecule has 2 atom stereocenters. The standard InChI is InChI=1S/C17H26Cl2N2O2/c1-6-13(21-16(22)23-17(3,4)5)10-20-11(2)12-7-8-14(18)15(19)9-12/h7-9,11,13,20H,6,10H2,1-5H3,(H,21,22). The molecule has 1 rings (SSSR count). The fraction of sp³-hybridized carbons (Fsp3) is 0.588.